The van der Waals surface area contributed by atoms with Crippen molar-refractivity contribution < 1.29 is 35.2 Å². The zero-order valence-electron chi connectivity index (χ0n) is 39.2. The molecule has 4 saturated heterocycles. The van der Waals surface area contributed by atoms with Crippen molar-refractivity contribution in [2.24, 2.45) is 0 Å². The number of nitrogens with one attached hydrogen (secondary N) is 3. The lowest BCUT2D eigenvalue weighted by Crippen LogP contribution is -2.49. The lowest BCUT2D eigenvalue weighted by molar-refractivity contribution is 0.0600. The average molecular weight is 1080 g/mol. The number of halogens is 5. The molecule has 2 aromatic carbocycles. The molecule has 0 unspecified atom stereocenters. The molecule has 0 spiro atoms. The molecule has 3 N–H and O–H groups in total. The molecule has 6 aromatic rings. The van der Waals surface area contributed by atoms with Crippen LogP contribution in [-0.2, 0) is 20.0 Å². The first-order valence-corrected chi connectivity index (χ1v) is 27.8. The maximum Gasteiger partial charge on any atom is 0.256 e. The highest BCUT2D eigenvalue weighted by atomic mass is 35.5. The SMILES string of the molecule is Cc1cn2nc([C@@H]3CCCCN3C(=O)c3cc(Cl)ccc3NS(C)(=O)=O)cc2nc1Cl.Cc1cn2nc([C@@H]3CCCCN3C(=O)c3cc(Cl)ccc3NS(C)(=O)=O)cc2nc1N1CC(F)C1.FC1CNC1. The van der Waals surface area contributed by atoms with Crippen LogP contribution < -0.4 is 19.7 Å². The summed E-state index contributed by atoms with van der Waals surface area (Å²) in [4.78, 5) is 41.6. The zero-order chi connectivity index (χ0) is 50.9. The molecule has 8 heterocycles. The summed E-state index contributed by atoms with van der Waals surface area (Å²) < 4.78 is 80.3. The average Bonchev–Trinajstić information content (AvgIpc) is 3.91. The Morgan fingerprint density at radius 3 is 1.54 bits per heavy atom. The van der Waals surface area contributed by atoms with Gasteiger partial charge in [0.05, 0.1) is 71.6 Å². The summed E-state index contributed by atoms with van der Waals surface area (Å²) in [5, 5.41) is 13.2. The number of anilines is 3. The van der Waals surface area contributed by atoms with Crippen LogP contribution in [0, 0.1) is 13.8 Å². The van der Waals surface area contributed by atoms with Gasteiger partial charge in [-0.05, 0) is 88.8 Å². The Labute approximate surface area is 425 Å². The van der Waals surface area contributed by atoms with Crippen molar-refractivity contribution >= 4 is 95.2 Å². The molecule has 0 saturated carbocycles. The highest BCUT2D eigenvalue weighted by molar-refractivity contribution is 7.92. The zero-order valence-corrected chi connectivity index (χ0v) is 43.1. The number of sulfonamides is 2. The Hall–Kier alpha value is -5.39. The monoisotopic (exact) mass is 1080 g/mol. The number of amides is 2. The second kappa shape index (κ2) is 21.4. The number of carbonyl (C=O) groups excluding carboxylic acids is 2. The van der Waals surface area contributed by atoms with Gasteiger partial charge in [-0.25, -0.2) is 44.6 Å². The molecule has 0 aliphatic carbocycles. The number of fused-ring (bicyclic) bond motifs is 2. The summed E-state index contributed by atoms with van der Waals surface area (Å²) >= 11 is 18.4. The van der Waals surface area contributed by atoms with E-state index in [0.717, 1.165) is 61.6 Å². The van der Waals surface area contributed by atoms with Crippen molar-refractivity contribution in [2.75, 3.05) is 66.1 Å². The molecule has 25 heteroatoms. The third-order valence-corrected chi connectivity index (χ3v) is 14.3. The van der Waals surface area contributed by atoms with Gasteiger partial charge >= 0.3 is 0 Å². The van der Waals surface area contributed by atoms with Gasteiger partial charge in [-0.3, -0.25) is 19.0 Å². The minimum absolute atomic E-state index is 0.184. The van der Waals surface area contributed by atoms with Crippen LogP contribution in [0.15, 0.2) is 60.9 Å². The summed E-state index contributed by atoms with van der Waals surface area (Å²) in [5.74, 6) is 0.113. The van der Waals surface area contributed by atoms with Crippen molar-refractivity contribution in [2.45, 2.75) is 76.8 Å². The van der Waals surface area contributed by atoms with E-state index in [1.165, 1.54) is 30.3 Å². The lowest BCUT2D eigenvalue weighted by atomic mass is 9.98. The van der Waals surface area contributed by atoms with Crippen LogP contribution in [0.25, 0.3) is 11.3 Å². The van der Waals surface area contributed by atoms with E-state index >= 15 is 0 Å². The molecule has 10 rings (SSSR count). The Morgan fingerprint density at radius 1 is 0.662 bits per heavy atom. The second-order valence-corrected chi connectivity index (χ2v) is 22.8. The fourth-order valence-corrected chi connectivity index (χ4v) is 10.4. The van der Waals surface area contributed by atoms with Crippen LogP contribution >= 0.6 is 34.8 Å². The van der Waals surface area contributed by atoms with E-state index in [9.17, 15) is 35.2 Å². The van der Waals surface area contributed by atoms with Gasteiger partial charge in [-0.1, -0.05) is 34.8 Å². The highest BCUT2D eigenvalue weighted by Crippen LogP contribution is 2.36. The van der Waals surface area contributed by atoms with E-state index in [2.05, 4.69) is 24.8 Å². The van der Waals surface area contributed by atoms with Crippen molar-refractivity contribution in [3.8, 4) is 0 Å². The van der Waals surface area contributed by atoms with Crippen LogP contribution in [-0.4, -0.2) is 132 Å². The molecule has 380 valence electrons. The minimum atomic E-state index is -3.59. The second-order valence-electron chi connectivity index (χ2n) is 18.1. The molecule has 4 aliphatic rings. The van der Waals surface area contributed by atoms with E-state index in [-0.39, 0.29) is 46.4 Å². The maximum absolute atomic E-state index is 13.7. The first-order chi connectivity index (χ1) is 33.6. The molecule has 71 heavy (non-hydrogen) atoms. The number of benzene rings is 2. The summed E-state index contributed by atoms with van der Waals surface area (Å²) in [6.45, 7) is 6.60. The van der Waals surface area contributed by atoms with E-state index in [0.29, 0.717) is 83.6 Å². The number of aryl methyl sites for hydroxylation is 2. The topological polar surface area (TPSA) is 209 Å². The standard InChI is InChI=1S/C23H26ClFN6O3S.C20H21Cl2N5O3S.C3H6FN/c1-14-11-31-21(26-22(14)29-12-16(25)13-29)10-19(27-31)20-5-3-4-8-30(20)23(32)17-9-15(24)6-7-18(17)28-35(2,33)34;1-12-11-27-18(23-19(12)22)10-16(24-27)17-5-3-4-8-26(17)20(28)14-9-13(21)6-7-15(14)25-31(2,29)30;4-3-1-5-2-3/h6-7,9-11,16,20,28H,3-5,8,12-13H2,1-2H3;6-7,9-11,17,25H,3-5,8H2,1-2H3;3,5H,1-2H2/t20-;17-;/m00./s1. The molecule has 4 aliphatic heterocycles. The van der Waals surface area contributed by atoms with Crippen molar-refractivity contribution in [3.05, 3.63) is 110 Å². The van der Waals surface area contributed by atoms with Crippen LogP contribution in [0.1, 0.15) is 93.8 Å². The van der Waals surface area contributed by atoms with Gasteiger partial charge in [-0.2, -0.15) is 10.2 Å². The fourth-order valence-electron chi connectivity index (χ4n) is 8.76. The van der Waals surface area contributed by atoms with Crippen LogP contribution in [0.2, 0.25) is 15.2 Å². The number of rotatable bonds is 9. The smallest absolute Gasteiger partial charge is 0.256 e. The predicted octanol–water partition coefficient (Wildman–Crippen LogP) is 7.60. The van der Waals surface area contributed by atoms with Gasteiger partial charge in [0.15, 0.2) is 11.3 Å². The van der Waals surface area contributed by atoms with Crippen molar-refractivity contribution in [3.63, 3.8) is 0 Å². The maximum atomic E-state index is 13.7. The first-order valence-electron chi connectivity index (χ1n) is 22.9. The van der Waals surface area contributed by atoms with Crippen LogP contribution in [0.5, 0.6) is 0 Å². The van der Waals surface area contributed by atoms with Crippen molar-refractivity contribution in [1.82, 2.24) is 44.3 Å². The Balaban J connectivity index is 0.000000174. The quantitative estimate of drug-likeness (QED) is 0.120. The fraction of sp³-hybridized carbons (Fsp3) is 0.435. The summed E-state index contributed by atoms with van der Waals surface area (Å²) in [6.07, 6.45) is 9.35. The minimum Gasteiger partial charge on any atom is -0.350 e. The Kier molecular flexibility index (Phi) is 15.6. The molecule has 0 bridgehead atoms. The molecule has 4 aromatic heterocycles. The number of hydrogen-bond acceptors (Lipinski definition) is 12. The van der Waals surface area contributed by atoms with E-state index < -0.39 is 32.4 Å². The number of nitrogens with zero attached hydrogens (tertiary/aromatic N) is 9. The Morgan fingerprint density at radius 2 is 1.11 bits per heavy atom. The first kappa shape index (κ1) is 51.9. The summed E-state index contributed by atoms with van der Waals surface area (Å²) in [6, 6.07) is 12.1. The van der Waals surface area contributed by atoms with Gasteiger partial charge < -0.3 is 20.0 Å². The molecular weight excluding hydrogens is 1030 g/mol. The normalized spacial score (nSPS) is 18.7. The van der Waals surface area contributed by atoms with Gasteiger partial charge in [0.2, 0.25) is 20.0 Å². The lowest BCUT2D eigenvalue weighted by Gasteiger charge is -2.36. The molecule has 18 nitrogen and oxygen atoms in total. The van der Waals surface area contributed by atoms with Gasteiger partial charge in [0.25, 0.3) is 11.8 Å². The van der Waals surface area contributed by atoms with Gasteiger partial charge in [0.1, 0.15) is 23.3 Å². The predicted molar refractivity (Wildman–Crippen MR) is 270 cm³/mol. The van der Waals surface area contributed by atoms with E-state index in [4.69, 9.17) is 44.9 Å². The third kappa shape index (κ3) is 12.5. The number of aromatic nitrogens is 6. The number of likely N-dealkylation sites (tertiary alicyclic amines) is 2. The molecule has 0 radical (unpaired) electrons. The third-order valence-electron chi connectivity index (χ3n) is 12.3. The van der Waals surface area contributed by atoms with Crippen LogP contribution in [0.4, 0.5) is 26.0 Å². The highest BCUT2D eigenvalue weighted by Gasteiger charge is 2.35. The number of piperidine rings is 2. The van der Waals surface area contributed by atoms with E-state index in [1.807, 2.05) is 37.1 Å². The summed E-state index contributed by atoms with van der Waals surface area (Å²) in [7, 11) is -7.16. The van der Waals surface area contributed by atoms with Gasteiger partial charge in [0, 0.05) is 71.9 Å². The van der Waals surface area contributed by atoms with Gasteiger partial charge in [-0.15, -0.1) is 0 Å². The molecule has 2 amide bonds. The van der Waals surface area contributed by atoms with E-state index in [1.54, 1.807) is 31.1 Å². The molecule has 2 atom stereocenters. The van der Waals surface area contributed by atoms with Crippen LogP contribution in [0.3, 0.4) is 0 Å². The van der Waals surface area contributed by atoms with Crippen molar-refractivity contribution in [1.29, 1.82) is 0 Å². The molecular formula is C46H53Cl3F2N12O6S2. The largest absolute Gasteiger partial charge is 0.350 e. The Bertz CT molecular complexity index is 3170. The number of alkyl halides is 2. The number of carbonyl (C=O) groups is 2. The molecule has 4 fully saturated rings. The summed E-state index contributed by atoms with van der Waals surface area (Å²) in [5.41, 5.74) is 5.11. The number of hydrogen-bond donors (Lipinski definition) is 3.